The Morgan fingerprint density at radius 2 is 1.59 bits per heavy atom. The molecule has 2 aromatic carbocycles. The third-order valence-corrected chi connectivity index (χ3v) is 6.35. The Morgan fingerprint density at radius 1 is 0.966 bits per heavy atom. The van der Waals surface area contributed by atoms with E-state index in [1.807, 2.05) is 63.2 Å². The maximum Gasteiger partial charge on any atom is 0.256 e. The molecule has 0 atom stereocenters. The number of nitrogens with zero attached hydrogens (tertiary/aromatic N) is 2. The summed E-state index contributed by atoms with van der Waals surface area (Å²) in [6.07, 6.45) is 0. The van der Waals surface area contributed by atoms with Crippen LogP contribution in [-0.4, -0.2) is 24.1 Å². The average molecular weight is 410 g/mol. The fourth-order valence-electron chi connectivity index (χ4n) is 3.48. The second-order valence-corrected chi connectivity index (χ2v) is 10.4. The summed E-state index contributed by atoms with van der Waals surface area (Å²) in [5.41, 5.74) is 3.32. The van der Waals surface area contributed by atoms with Gasteiger partial charge >= 0.3 is 0 Å². The van der Waals surface area contributed by atoms with Crippen LogP contribution in [0.4, 0.5) is 5.82 Å². The summed E-state index contributed by atoms with van der Waals surface area (Å²) < 4.78 is 25.8. The summed E-state index contributed by atoms with van der Waals surface area (Å²) in [6, 6.07) is 17.3. The lowest BCUT2D eigenvalue weighted by Gasteiger charge is -2.23. The zero-order valence-corrected chi connectivity index (χ0v) is 17.5. The Labute approximate surface area is 170 Å². The number of hydrogen-bond acceptors (Lipinski definition) is 4. The molecule has 29 heavy (non-hydrogen) atoms. The van der Waals surface area contributed by atoms with Gasteiger partial charge in [0.15, 0.2) is 9.84 Å². The van der Waals surface area contributed by atoms with E-state index < -0.39 is 15.4 Å². The molecule has 1 aliphatic heterocycles. The first kappa shape index (κ1) is 19.4. The van der Waals surface area contributed by atoms with Crippen LogP contribution in [0.5, 0.6) is 0 Å². The maximum atomic E-state index is 12.9. The quantitative estimate of drug-likeness (QED) is 0.709. The monoisotopic (exact) mass is 409 g/mol. The zero-order valence-electron chi connectivity index (χ0n) is 16.6. The molecule has 7 heteroatoms. The Balaban J connectivity index is 1.64. The van der Waals surface area contributed by atoms with Crippen LogP contribution in [0.3, 0.4) is 0 Å². The first-order valence-corrected chi connectivity index (χ1v) is 11.2. The average Bonchev–Trinajstić information content (AvgIpc) is 3.15. The SMILES string of the molecule is CC(C)(C)n1nc2c(c1NC(=O)c1ccc(-c3ccccc3)cc1)CS(=O)(=O)C2. The number of carbonyl (C=O) groups is 1. The molecule has 0 fully saturated rings. The molecule has 1 amide bonds. The van der Waals surface area contributed by atoms with Crippen molar-refractivity contribution in [2.75, 3.05) is 5.32 Å². The predicted octanol–water partition coefficient (Wildman–Crippen LogP) is 3.99. The largest absolute Gasteiger partial charge is 0.306 e. The lowest BCUT2D eigenvalue weighted by atomic mass is 10.0. The van der Waals surface area contributed by atoms with Crippen molar-refractivity contribution in [2.24, 2.45) is 0 Å². The first-order chi connectivity index (χ1) is 13.6. The lowest BCUT2D eigenvalue weighted by molar-refractivity contribution is 0.102. The normalized spacial score (nSPS) is 15.1. The third-order valence-electron chi connectivity index (χ3n) is 4.91. The summed E-state index contributed by atoms with van der Waals surface area (Å²) in [5, 5.41) is 7.39. The van der Waals surface area contributed by atoms with Crippen LogP contribution in [-0.2, 0) is 26.9 Å². The maximum absolute atomic E-state index is 12.9. The fourth-order valence-corrected chi connectivity index (χ4v) is 4.97. The van der Waals surface area contributed by atoms with Crippen molar-refractivity contribution in [1.82, 2.24) is 9.78 Å². The van der Waals surface area contributed by atoms with E-state index in [9.17, 15) is 13.2 Å². The number of nitrogens with one attached hydrogen (secondary N) is 1. The van der Waals surface area contributed by atoms with Crippen molar-refractivity contribution < 1.29 is 13.2 Å². The predicted molar refractivity (Wildman–Crippen MR) is 113 cm³/mol. The number of carbonyl (C=O) groups excluding carboxylic acids is 1. The van der Waals surface area contributed by atoms with E-state index in [0.717, 1.165) is 11.1 Å². The molecule has 0 bridgehead atoms. The van der Waals surface area contributed by atoms with E-state index in [1.54, 1.807) is 16.8 Å². The highest BCUT2D eigenvalue weighted by Crippen LogP contribution is 2.34. The Hall–Kier alpha value is -2.93. The molecule has 0 aliphatic carbocycles. The highest BCUT2D eigenvalue weighted by atomic mass is 32.2. The topological polar surface area (TPSA) is 81.1 Å². The molecule has 1 aliphatic rings. The van der Waals surface area contributed by atoms with Crippen molar-refractivity contribution >= 4 is 21.6 Å². The van der Waals surface area contributed by atoms with Gasteiger partial charge in [-0.05, 0) is 44.0 Å². The van der Waals surface area contributed by atoms with E-state index in [1.165, 1.54) is 0 Å². The summed E-state index contributed by atoms with van der Waals surface area (Å²) in [7, 11) is -3.21. The van der Waals surface area contributed by atoms with Crippen LogP contribution in [0, 0.1) is 0 Å². The molecule has 0 saturated carbocycles. The molecule has 6 nitrogen and oxygen atoms in total. The van der Waals surface area contributed by atoms with Gasteiger partial charge in [0.2, 0.25) is 0 Å². The summed E-state index contributed by atoms with van der Waals surface area (Å²) >= 11 is 0. The van der Waals surface area contributed by atoms with Gasteiger partial charge in [-0.2, -0.15) is 5.10 Å². The number of fused-ring (bicyclic) bond motifs is 1. The van der Waals surface area contributed by atoms with E-state index in [0.29, 0.717) is 22.6 Å². The van der Waals surface area contributed by atoms with Gasteiger partial charge in [-0.15, -0.1) is 0 Å². The second kappa shape index (κ2) is 6.84. The summed E-state index contributed by atoms with van der Waals surface area (Å²) in [4.78, 5) is 12.9. The van der Waals surface area contributed by atoms with Crippen LogP contribution < -0.4 is 5.32 Å². The van der Waals surface area contributed by atoms with Crippen molar-refractivity contribution in [2.45, 2.75) is 37.8 Å². The van der Waals surface area contributed by atoms with Crippen molar-refractivity contribution in [3.8, 4) is 11.1 Å². The minimum absolute atomic E-state index is 0.0833. The molecular weight excluding hydrogens is 386 g/mol. The molecule has 2 heterocycles. The number of anilines is 1. The number of rotatable bonds is 3. The third kappa shape index (κ3) is 3.82. The van der Waals surface area contributed by atoms with Crippen LogP contribution in [0.1, 0.15) is 42.4 Å². The molecule has 1 N–H and O–H groups in total. The number of sulfone groups is 1. The van der Waals surface area contributed by atoms with E-state index in [4.69, 9.17) is 0 Å². The number of benzene rings is 2. The van der Waals surface area contributed by atoms with Crippen molar-refractivity contribution in [3.05, 3.63) is 71.4 Å². The van der Waals surface area contributed by atoms with E-state index in [2.05, 4.69) is 10.4 Å². The van der Waals surface area contributed by atoms with Gasteiger partial charge in [-0.3, -0.25) is 4.79 Å². The van der Waals surface area contributed by atoms with Gasteiger partial charge < -0.3 is 5.32 Å². The van der Waals surface area contributed by atoms with Crippen LogP contribution in [0.2, 0.25) is 0 Å². The second-order valence-electron chi connectivity index (χ2n) is 8.29. The summed E-state index contributed by atoms with van der Waals surface area (Å²) in [6.45, 7) is 5.90. The fraction of sp³-hybridized carbons (Fsp3) is 0.273. The highest BCUT2D eigenvalue weighted by molar-refractivity contribution is 7.90. The molecule has 0 radical (unpaired) electrons. The molecular formula is C22H23N3O3S. The Bertz CT molecular complexity index is 1170. The van der Waals surface area contributed by atoms with Gasteiger partial charge in [0.1, 0.15) is 5.82 Å². The molecule has 150 valence electrons. The van der Waals surface area contributed by atoms with Crippen molar-refractivity contribution in [3.63, 3.8) is 0 Å². The number of amides is 1. The molecule has 0 saturated heterocycles. The molecule has 4 rings (SSSR count). The Morgan fingerprint density at radius 3 is 2.21 bits per heavy atom. The van der Waals surface area contributed by atoms with Crippen LogP contribution in [0.25, 0.3) is 11.1 Å². The molecule has 1 aromatic heterocycles. The minimum atomic E-state index is -3.21. The lowest BCUT2D eigenvalue weighted by Crippen LogP contribution is -2.27. The van der Waals surface area contributed by atoms with Gasteiger partial charge in [-0.1, -0.05) is 42.5 Å². The number of hydrogen-bond donors (Lipinski definition) is 1. The highest BCUT2D eigenvalue weighted by Gasteiger charge is 2.35. The van der Waals surface area contributed by atoms with Gasteiger partial charge in [0.05, 0.1) is 22.7 Å². The van der Waals surface area contributed by atoms with Gasteiger partial charge in [0.25, 0.3) is 5.91 Å². The zero-order chi connectivity index (χ0) is 20.8. The van der Waals surface area contributed by atoms with Crippen LogP contribution >= 0.6 is 0 Å². The Kier molecular flexibility index (Phi) is 4.58. The molecule has 0 spiro atoms. The smallest absolute Gasteiger partial charge is 0.256 e. The molecule has 3 aromatic rings. The van der Waals surface area contributed by atoms with Gasteiger partial charge in [-0.25, -0.2) is 13.1 Å². The van der Waals surface area contributed by atoms with Gasteiger partial charge in [0, 0.05) is 11.1 Å². The van der Waals surface area contributed by atoms with Crippen molar-refractivity contribution in [1.29, 1.82) is 0 Å². The minimum Gasteiger partial charge on any atom is -0.306 e. The van der Waals surface area contributed by atoms with E-state index >= 15 is 0 Å². The standard InChI is InChI=1S/C22H23N3O3S/c1-22(2,3)25-20(18-13-29(27,28)14-19(18)24-25)23-21(26)17-11-9-16(10-12-17)15-7-5-4-6-8-15/h4-12H,13-14H2,1-3H3,(H,23,26). The number of aromatic nitrogens is 2. The summed E-state index contributed by atoms with van der Waals surface area (Å²) in [5.74, 6) is -0.00563. The van der Waals surface area contributed by atoms with Crippen LogP contribution in [0.15, 0.2) is 54.6 Å². The first-order valence-electron chi connectivity index (χ1n) is 9.42. The molecule has 0 unspecified atom stereocenters. The van der Waals surface area contributed by atoms with E-state index in [-0.39, 0.29) is 17.4 Å².